The summed E-state index contributed by atoms with van der Waals surface area (Å²) in [5, 5.41) is 3.46. The second kappa shape index (κ2) is 19.2. The summed E-state index contributed by atoms with van der Waals surface area (Å²) in [6, 6.07) is 6.98. The Morgan fingerprint density at radius 1 is 0.814 bits per heavy atom. The second-order valence-corrected chi connectivity index (χ2v) is 18.1. The number of amides is 2. The summed E-state index contributed by atoms with van der Waals surface area (Å²) in [6.07, 6.45) is 12.8. The molecule has 1 aromatic carbocycles. The van der Waals surface area contributed by atoms with Gasteiger partial charge in [-0.2, -0.15) is 0 Å². The van der Waals surface area contributed by atoms with Crippen molar-refractivity contribution in [1.29, 1.82) is 0 Å². The molecule has 0 saturated carbocycles. The number of unbranched alkanes of at least 4 members (excludes halogenated alkanes) is 10. The average Bonchev–Trinajstić information content (AvgIpc) is 3.19. The molecule has 0 bridgehead atoms. The van der Waals surface area contributed by atoms with Crippen molar-refractivity contribution < 1.29 is 28.3 Å². The first-order valence-corrected chi connectivity index (χ1v) is 19.5. The molecule has 0 radical (unpaired) electrons. The largest absolute Gasteiger partial charge is 0.508 e. The maximum Gasteiger partial charge on any atom is 0.508 e. The number of fused-ring (bicyclic) bond motifs is 1. The van der Waals surface area contributed by atoms with Crippen molar-refractivity contribution in [3.05, 3.63) is 35.4 Å². The van der Waals surface area contributed by atoms with E-state index in [1.165, 1.54) is 49.8 Å². The van der Waals surface area contributed by atoms with Crippen molar-refractivity contribution in [2.75, 3.05) is 32.8 Å². The van der Waals surface area contributed by atoms with E-state index in [0.29, 0.717) is 30.9 Å². The minimum Gasteiger partial charge on any atom is -0.434 e. The van der Waals surface area contributed by atoms with E-state index in [4.69, 9.17) is 13.9 Å². The zero-order valence-electron chi connectivity index (χ0n) is 27.8. The summed E-state index contributed by atoms with van der Waals surface area (Å²) in [4.78, 5) is 39.1. The molecule has 1 unspecified atom stereocenters. The lowest BCUT2D eigenvalue weighted by Gasteiger charge is -2.40. The molecule has 0 aromatic heterocycles. The lowest BCUT2D eigenvalue weighted by molar-refractivity contribution is 0.0528. The molecular formula is C34H58N2O6Si. The zero-order valence-corrected chi connectivity index (χ0v) is 28.8. The van der Waals surface area contributed by atoms with Gasteiger partial charge < -0.3 is 19.2 Å². The Morgan fingerprint density at radius 2 is 1.30 bits per heavy atom. The molecule has 2 amide bonds. The van der Waals surface area contributed by atoms with E-state index in [0.717, 1.165) is 38.6 Å². The molecule has 1 aromatic rings. The Morgan fingerprint density at radius 3 is 1.81 bits per heavy atom. The average molecular weight is 619 g/mol. The Kier molecular flexibility index (Phi) is 16.5. The van der Waals surface area contributed by atoms with Gasteiger partial charge in [-0.05, 0) is 62.5 Å². The molecule has 1 heterocycles. The smallest absolute Gasteiger partial charge is 0.434 e. The Hall–Kier alpha value is -2.23. The summed E-state index contributed by atoms with van der Waals surface area (Å²) in [5.41, 5.74) is 0.919. The molecule has 8 nitrogen and oxygen atoms in total. The second-order valence-electron chi connectivity index (χ2n) is 13.3. The van der Waals surface area contributed by atoms with Gasteiger partial charge in [0, 0.05) is 6.54 Å². The molecule has 0 spiro atoms. The number of hydrogen-bond donors (Lipinski definition) is 1. The van der Waals surface area contributed by atoms with Crippen LogP contribution in [0.3, 0.4) is 0 Å². The van der Waals surface area contributed by atoms with E-state index in [1.807, 2.05) is 0 Å². The van der Waals surface area contributed by atoms with Gasteiger partial charge in [0.15, 0.2) is 8.32 Å². The predicted molar refractivity (Wildman–Crippen MR) is 175 cm³/mol. The topological polar surface area (TPSA) is 94.2 Å². The van der Waals surface area contributed by atoms with E-state index in [-0.39, 0.29) is 29.5 Å². The highest BCUT2D eigenvalue weighted by Gasteiger charge is 2.42. The van der Waals surface area contributed by atoms with Crippen molar-refractivity contribution in [2.45, 2.75) is 129 Å². The summed E-state index contributed by atoms with van der Waals surface area (Å²) in [7, 11) is -2.13. The van der Waals surface area contributed by atoms with Gasteiger partial charge in [-0.1, -0.05) is 91.2 Å². The van der Waals surface area contributed by atoms with Crippen LogP contribution >= 0.6 is 0 Å². The van der Waals surface area contributed by atoms with Gasteiger partial charge in [0.05, 0.1) is 37.0 Å². The molecule has 0 saturated heterocycles. The van der Waals surface area contributed by atoms with Crippen LogP contribution in [0.1, 0.15) is 125 Å². The van der Waals surface area contributed by atoms with Crippen LogP contribution < -0.4 is 5.32 Å². The molecule has 43 heavy (non-hydrogen) atoms. The van der Waals surface area contributed by atoms with Crippen molar-refractivity contribution in [3.63, 3.8) is 0 Å². The van der Waals surface area contributed by atoms with Crippen molar-refractivity contribution in [2.24, 2.45) is 0 Å². The normalized spacial score (nSPS) is 14.2. The molecule has 1 aliphatic rings. The third-order valence-corrected chi connectivity index (χ3v) is 13.1. The van der Waals surface area contributed by atoms with Crippen LogP contribution in [0.4, 0.5) is 4.79 Å². The molecule has 1 aliphatic heterocycles. The number of benzene rings is 1. The number of hydrogen-bond acceptors (Lipinski definition) is 7. The maximum atomic E-state index is 13.0. The molecule has 1 atom stereocenters. The summed E-state index contributed by atoms with van der Waals surface area (Å²) >= 11 is 0. The van der Waals surface area contributed by atoms with Crippen molar-refractivity contribution >= 4 is 26.3 Å². The molecule has 244 valence electrons. The summed E-state index contributed by atoms with van der Waals surface area (Å²) in [6.45, 7) is 15.5. The summed E-state index contributed by atoms with van der Waals surface area (Å²) < 4.78 is 17.1. The number of carbonyl (C=O) groups excluding carboxylic acids is 3. The number of imide groups is 1. The lowest BCUT2D eigenvalue weighted by Crippen LogP contribution is -2.51. The van der Waals surface area contributed by atoms with E-state index in [1.54, 1.807) is 24.3 Å². The lowest BCUT2D eigenvalue weighted by atomic mass is 10.1. The standard InChI is InChI=1S/C34H58N2O6Si/c1-7-8-9-10-11-12-13-14-19-24-40-33(39)41-25-20-15-18-23-35-26-28(42-43(5,6)34(2,3)4)27-36-31(37)29-21-16-17-22-30(29)32(36)38/h16-17,21-22,28,35H,7-15,18-20,23-27H2,1-6H3. The molecule has 2 rings (SSSR count). The maximum absolute atomic E-state index is 13.0. The van der Waals surface area contributed by atoms with E-state index < -0.39 is 14.5 Å². The monoisotopic (exact) mass is 618 g/mol. The van der Waals surface area contributed by atoms with Crippen LogP contribution in [-0.2, 0) is 13.9 Å². The SMILES string of the molecule is CCCCCCCCCCCOC(=O)OCCCCCNCC(CN1C(=O)c2ccccc2C1=O)O[Si](C)(C)C(C)(C)C. The highest BCUT2D eigenvalue weighted by Crippen LogP contribution is 2.37. The minimum absolute atomic E-state index is 0.00193. The zero-order chi connectivity index (χ0) is 31.7. The predicted octanol–water partition coefficient (Wildman–Crippen LogP) is 8.12. The van der Waals surface area contributed by atoms with Crippen molar-refractivity contribution in [3.8, 4) is 0 Å². The number of nitrogens with zero attached hydrogens (tertiary/aromatic N) is 1. The third-order valence-electron chi connectivity index (χ3n) is 8.59. The van der Waals surface area contributed by atoms with Gasteiger partial charge in [-0.15, -0.1) is 0 Å². The van der Waals surface area contributed by atoms with Gasteiger partial charge in [0.1, 0.15) is 0 Å². The van der Waals surface area contributed by atoms with Gasteiger partial charge in [0.25, 0.3) is 11.8 Å². The van der Waals surface area contributed by atoms with Gasteiger partial charge in [-0.25, -0.2) is 4.79 Å². The number of rotatable bonds is 22. The van der Waals surface area contributed by atoms with Crippen LogP contribution in [-0.4, -0.2) is 70.1 Å². The molecule has 0 fully saturated rings. The Balaban J connectivity index is 1.62. The Labute approximate surface area is 261 Å². The van der Waals surface area contributed by atoms with Crippen LogP contribution in [0.25, 0.3) is 0 Å². The number of nitrogens with one attached hydrogen (secondary N) is 1. The first-order chi connectivity index (χ1) is 20.5. The van der Waals surface area contributed by atoms with E-state index in [9.17, 15) is 14.4 Å². The number of ether oxygens (including phenoxy) is 2. The first-order valence-electron chi connectivity index (χ1n) is 16.6. The Bertz CT molecular complexity index is 958. The van der Waals surface area contributed by atoms with Crippen LogP contribution in [0.15, 0.2) is 24.3 Å². The molecule has 9 heteroatoms. The third kappa shape index (κ3) is 13.1. The fourth-order valence-electron chi connectivity index (χ4n) is 4.90. The van der Waals surface area contributed by atoms with Gasteiger partial charge >= 0.3 is 6.16 Å². The first kappa shape index (κ1) is 37.0. The van der Waals surface area contributed by atoms with Gasteiger partial charge in [0.2, 0.25) is 0 Å². The fraction of sp³-hybridized carbons (Fsp3) is 0.735. The van der Waals surface area contributed by atoms with Gasteiger partial charge in [-0.3, -0.25) is 14.5 Å². The van der Waals surface area contributed by atoms with Crippen molar-refractivity contribution in [1.82, 2.24) is 10.2 Å². The summed E-state index contributed by atoms with van der Waals surface area (Å²) in [5.74, 6) is -0.507. The highest BCUT2D eigenvalue weighted by atomic mass is 28.4. The molecule has 1 N–H and O–H groups in total. The quantitative estimate of drug-likeness (QED) is 0.0607. The van der Waals surface area contributed by atoms with Crippen LogP contribution in [0.5, 0.6) is 0 Å². The fourth-order valence-corrected chi connectivity index (χ4v) is 6.25. The highest BCUT2D eigenvalue weighted by molar-refractivity contribution is 6.74. The number of carbonyl (C=O) groups is 3. The molecule has 0 aliphatic carbocycles. The molecular weight excluding hydrogens is 560 g/mol. The van der Waals surface area contributed by atoms with Crippen LogP contribution in [0.2, 0.25) is 18.1 Å². The minimum atomic E-state index is -2.13. The van der Waals surface area contributed by atoms with E-state index >= 15 is 0 Å². The van der Waals surface area contributed by atoms with Crippen LogP contribution in [0, 0.1) is 0 Å². The van der Waals surface area contributed by atoms with E-state index in [2.05, 4.69) is 46.1 Å².